The summed E-state index contributed by atoms with van der Waals surface area (Å²) in [6.45, 7) is 0. The number of rotatable bonds is 2. The van der Waals surface area contributed by atoms with Crippen molar-refractivity contribution in [2.45, 2.75) is 12.5 Å². The van der Waals surface area contributed by atoms with Crippen molar-refractivity contribution in [3.05, 3.63) is 35.1 Å². The van der Waals surface area contributed by atoms with Gasteiger partial charge in [0.15, 0.2) is 0 Å². The minimum Gasteiger partial charge on any atom is -0.323 e. The molecule has 0 fully saturated rings. The van der Waals surface area contributed by atoms with Crippen molar-refractivity contribution >= 4 is 0 Å². The Hall–Kier alpha value is -1.91. The van der Waals surface area contributed by atoms with Gasteiger partial charge in [-0.2, -0.15) is 10.5 Å². The molecule has 1 unspecified atom stereocenters. The molecule has 0 aliphatic rings. The summed E-state index contributed by atoms with van der Waals surface area (Å²) in [6.07, 6.45) is 0.149. The maximum Gasteiger partial charge on any atom is 0.140 e. The van der Waals surface area contributed by atoms with E-state index in [4.69, 9.17) is 16.3 Å². The first kappa shape index (κ1) is 10.2. The lowest BCUT2D eigenvalue weighted by Gasteiger charge is -2.07. The standard InChI is InChI=1S/C10H8FN3/c11-9-2-1-7(5-8(9)6-13)10(14)3-4-12/h1-2,5,10H,3,14H2. The highest BCUT2D eigenvalue weighted by atomic mass is 19.1. The molecule has 70 valence electrons. The lowest BCUT2D eigenvalue weighted by atomic mass is 10.0. The molecule has 0 saturated carbocycles. The Morgan fingerprint density at radius 3 is 2.71 bits per heavy atom. The topological polar surface area (TPSA) is 73.6 Å². The van der Waals surface area contributed by atoms with Crippen LogP contribution in [0.3, 0.4) is 0 Å². The number of nitrogens with two attached hydrogens (primary N) is 1. The zero-order valence-electron chi connectivity index (χ0n) is 7.37. The summed E-state index contributed by atoms with van der Waals surface area (Å²) in [6, 6.07) is 7.21. The SMILES string of the molecule is N#CCC(N)c1ccc(F)c(C#N)c1. The Morgan fingerprint density at radius 1 is 1.43 bits per heavy atom. The summed E-state index contributed by atoms with van der Waals surface area (Å²) in [5, 5.41) is 17.0. The van der Waals surface area contributed by atoms with Crippen LogP contribution in [0.4, 0.5) is 4.39 Å². The van der Waals surface area contributed by atoms with E-state index in [1.807, 2.05) is 6.07 Å². The highest BCUT2D eigenvalue weighted by Crippen LogP contribution is 2.16. The Bertz CT molecular complexity index is 414. The lowest BCUT2D eigenvalue weighted by molar-refractivity contribution is 0.621. The van der Waals surface area contributed by atoms with E-state index in [2.05, 4.69) is 0 Å². The van der Waals surface area contributed by atoms with E-state index in [1.165, 1.54) is 18.2 Å². The minimum atomic E-state index is -0.569. The zero-order chi connectivity index (χ0) is 10.6. The van der Waals surface area contributed by atoms with Gasteiger partial charge in [-0.1, -0.05) is 6.07 Å². The average molecular weight is 189 g/mol. The molecule has 0 aliphatic heterocycles. The third kappa shape index (κ3) is 2.07. The van der Waals surface area contributed by atoms with Crippen LogP contribution < -0.4 is 5.73 Å². The van der Waals surface area contributed by atoms with Crippen molar-refractivity contribution in [2.75, 3.05) is 0 Å². The van der Waals surface area contributed by atoms with Gasteiger partial charge in [-0.25, -0.2) is 4.39 Å². The van der Waals surface area contributed by atoms with Crippen molar-refractivity contribution in [3.8, 4) is 12.1 Å². The van der Waals surface area contributed by atoms with E-state index >= 15 is 0 Å². The van der Waals surface area contributed by atoms with Crippen molar-refractivity contribution in [2.24, 2.45) is 5.73 Å². The van der Waals surface area contributed by atoms with Crippen molar-refractivity contribution in [1.82, 2.24) is 0 Å². The van der Waals surface area contributed by atoms with Gasteiger partial charge < -0.3 is 5.73 Å². The number of halogens is 1. The van der Waals surface area contributed by atoms with Gasteiger partial charge >= 0.3 is 0 Å². The summed E-state index contributed by atoms with van der Waals surface area (Å²) in [7, 11) is 0. The number of nitrogens with zero attached hydrogens (tertiary/aromatic N) is 2. The van der Waals surface area contributed by atoms with Gasteiger partial charge in [0.05, 0.1) is 18.1 Å². The molecule has 0 aromatic heterocycles. The first-order valence-corrected chi connectivity index (χ1v) is 4.01. The number of nitriles is 2. The summed E-state index contributed by atoms with van der Waals surface area (Å²) >= 11 is 0. The molecule has 0 spiro atoms. The van der Waals surface area contributed by atoms with Crippen LogP contribution in [0.15, 0.2) is 18.2 Å². The third-order valence-corrected chi connectivity index (χ3v) is 1.85. The number of hydrogen-bond donors (Lipinski definition) is 1. The molecule has 4 heteroatoms. The predicted octanol–water partition coefficient (Wildman–Crippen LogP) is 1.61. The molecule has 1 rings (SSSR count). The summed E-state index contributed by atoms with van der Waals surface area (Å²) in [5.74, 6) is -0.569. The maximum absolute atomic E-state index is 12.9. The highest BCUT2D eigenvalue weighted by molar-refractivity contribution is 5.35. The zero-order valence-corrected chi connectivity index (χ0v) is 7.37. The minimum absolute atomic E-state index is 0.0455. The van der Waals surface area contributed by atoms with Crippen molar-refractivity contribution in [1.29, 1.82) is 10.5 Å². The molecule has 2 N–H and O–H groups in total. The molecular weight excluding hydrogens is 181 g/mol. The van der Waals surface area contributed by atoms with Gasteiger partial charge in [0, 0.05) is 6.04 Å². The second kappa shape index (κ2) is 4.36. The van der Waals surface area contributed by atoms with Crippen LogP contribution >= 0.6 is 0 Å². The molecule has 0 radical (unpaired) electrons. The smallest absolute Gasteiger partial charge is 0.140 e. The predicted molar refractivity (Wildman–Crippen MR) is 48.3 cm³/mol. The van der Waals surface area contributed by atoms with Crippen LogP contribution in [0.1, 0.15) is 23.6 Å². The summed E-state index contributed by atoms with van der Waals surface area (Å²) in [4.78, 5) is 0. The van der Waals surface area contributed by atoms with E-state index in [0.29, 0.717) is 5.56 Å². The maximum atomic E-state index is 12.9. The molecule has 1 aromatic rings. The highest BCUT2D eigenvalue weighted by Gasteiger charge is 2.08. The molecule has 0 saturated heterocycles. The fraction of sp³-hybridized carbons (Fsp3) is 0.200. The molecule has 3 nitrogen and oxygen atoms in total. The fourth-order valence-corrected chi connectivity index (χ4v) is 1.08. The second-order valence-corrected chi connectivity index (χ2v) is 2.82. The van der Waals surface area contributed by atoms with Crippen LogP contribution in [0.25, 0.3) is 0 Å². The molecule has 0 heterocycles. The molecule has 14 heavy (non-hydrogen) atoms. The van der Waals surface area contributed by atoms with E-state index in [0.717, 1.165) is 0 Å². The Labute approximate surface area is 81.2 Å². The van der Waals surface area contributed by atoms with Gasteiger partial charge in [-0.3, -0.25) is 0 Å². The van der Waals surface area contributed by atoms with E-state index in [-0.39, 0.29) is 12.0 Å². The molecule has 0 bridgehead atoms. The Kier molecular flexibility index (Phi) is 3.17. The van der Waals surface area contributed by atoms with Gasteiger partial charge in [-0.05, 0) is 17.7 Å². The molecule has 0 aliphatic carbocycles. The number of benzene rings is 1. The molecule has 1 aromatic carbocycles. The Balaban J connectivity index is 3.03. The third-order valence-electron chi connectivity index (χ3n) is 1.85. The molecular formula is C10H8FN3. The van der Waals surface area contributed by atoms with Crippen molar-refractivity contribution in [3.63, 3.8) is 0 Å². The largest absolute Gasteiger partial charge is 0.323 e. The lowest BCUT2D eigenvalue weighted by Crippen LogP contribution is -2.09. The van der Waals surface area contributed by atoms with Gasteiger partial charge in [0.25, 0.3) is 0 Å². The average Bonchev–Trinajstić information content (AvgIpc) is 2.19. The first-order valence-electron chi connectivity index (χ1n) is 4.01. The van der Waals surface area contributed by atoms with Gasteiger partial charge in [0.1, 0.15) is 11.9 Å². The van der Waals surface area contributed by atoms with E-state index in [1.54, 1.807) is 6.07 Å². The van der Waals surface area contributed by atoms with Gasteiger partial charge in [0.2, 0.25) is 0 Å². The van der Waals surface area contributed by atoms with Crippen LogP contribution in [0.5, 0.6) is 0 Å². The Morgan fingerprint density at radius 2 is 2.14 bits per heavy atom. The normalized spacial score (nSPS) is 11.4. The summed E-state index contributed by atoms with van der Waals surface area (Å²) in [5.41, 5.74) is 6.18. The number of hydrogen-bond acceptors (Lipinski definition) is 3. The monoisotopic (exact) mass is 189 g/mol. The van der Waals surface area contributed by atoms with Crippen molar-refractivity contribution < 1.29 is 4.39 Å². The van der Waals surface area contributed by atoms with E-state index in [9.17, 15) is 4.39 Å². The van der Waals surface area contributed by atoms with Crippen LogP contribution in [-0.4, -0.2) is 0 Å². The van der Waals surface area contributed by atoms with E-state index < -0.39 is 11.9 Å². The quantitative estimate of drug-likeness (QED) is 0.768. The second-order valence-electron chi connectivity index (χ2n) is 2.82. The molecule has 1 atom stereocenters. The van der Waals surface area contributed by atoms with Gasteiger partial charge in [-0.15, -0.1) is 0 Å². The van der Waals surface area contributed by atoms with Crippen LogP contribution in [0, 0.1) is 28.5 Å². The van der Waals surface area contributed by atoms with Crippen LogP contribution in [0.2, 0.25) is 0 Å². The summed E-state index contributed by atoms with van der Waals surface area (Å²) < 4.78 is 12.9. The molecule has 0 amide bonds. The fourth-order valence-electron chi connectivity index (χ4n) is 1.08. The van der Waals surface area contributed by atoms with Crippen LogP contribution in [-0.2, 0) is 0 Å². The first-order chi connectivity index (χ1) is 6.69.